The number of nitrogens with one attached hydrogen (secondary N) is 2. The Balaban J connectivity index is 1.87. The van der Waals surface area contributed by atoms with E-state index >= 15 is 0 Å². The molecule has 0 bridgehead atoms. The van der Waals surface area contributed by atoms with E-state index in [2.05, 4.69) is 10.6 Å². The molecule has 0 spiro atoms. The molecule has 17 heavy (non-hydrogen) atoms. The molecule has 3 nitrogen and oxygen atoms in total. The first kappa shape index (κ1) is 12.5. The van der Waals surface area contributed by atoms with E-state index in [4.69, 9.17) is 16.3 Å². The van der Waals surface area contributed by atoms with Gasteiger partial charge in [0.1, 0.15) is 5.75 Å². The third-order valence-electron chi connectivity index (χ3n) is 3.12. The molecular formula is C13H19ClN2O. The maximum absolute atomic E-state index is 6.07. The lowest BCUT2D eigenvalue weighted by Gasteiger charge is -2.24. The van der Waals surface area contributed by atoms with Crippen molar-refractivity contribution in [1.82, 2.24) is 5.32 Å². The summed E-state index contributed by atoms with van der Waals surface area (Å²) in [6, 6.07) is 6.36. The molecule has 0 aromatic heterocycles. The van der Waals surface area contributed by atoms with Gasteiger partial charge in [-0.3, -0.25) is 0 Å². The van der Waals surface area contributed by atoms with Gasteiger partial charge in [0.2, 0.25) is 0 Å². The highest BCUT2D eigenvalue weighted by molar-refractivity contribution is 6.32. The summed E-state index contributed by atoms with van der Waals surface area (Å²) in [4.78, 5) is 0. The van der Waals surface area contributed by atoms with E-state index < -0.39 is 0 Å². The van der Waals surface area contributed by atoms with E-state index in [1.807, 2.05) is 18.2 Å². The molecule has 1 aliphatic heterocycles. The minimum Gasteiger partial charge on any atom is -0.495 e. The van der Waals surface area contributed by atoms with Crippen LogP contribution < -0.4 is 15.4 Å². The molecule has 0 saturated carbocycles. The van der Waals surface area contributed by atoms with E-state index in [0.29, 0.717) is 16.8 Å². The Bertz CT molecular complexity index is 364. The summed E-state index contributed by atoms with van der Waals surface area (Å²) in [6.07, 6.45) is 3.87. The first-order valence-electron chi connectivity index (χ1n) is 6.10. The van der Waals surface area contributed by atoms with Crippen LogP contribution in [0.1, 0.15) is 19.3 Å². The molecule has 94 valence electrons. The van der Waals surface area contributed by atoms with Crippen LogP contribution >= 0.6 is 11.6 Å². The van der Waals surface area contributed by atoms with Crippen molar-refractivity contribution in [3.63, 3.8) is 0 Å². The summed E-state index contributed by atoms with van der Waals surface area (Å²) < 4.78 is 5.12. The van der Waals surface area contributed by atoms with Crippen molar-refractivity contribution in [1.29, 1.82) is 0 Å². The zero-order chi connectivity index (χ0) is 12.1. The van der Waals surface area contributed by atoms with Crippen molar-refractivity contribution in [3.8, 4) is 5.75 Å². The fourth-order valence-electron chi connectivity index (χ4n) is 2.12. The molecule has 1 saturated heterocycles. The van der Waals surface area contributed by atoms with Crippen molar-refractivity contribution in [2.45, 2.75) is 25.3 Å². The zero-order valence-corrected chi connectivity index (χ0v) is 10.9. The highest BCUT2D eigenvalue weighted by atomic mass is 35.5. The van der Waals surface area contributed by atoms with Crippen molar-refractivity contribution in [2.24, 2.45) is 0 Å². The van der Waals surface area contributed by atoms with Crippen LogP contribution in [0.4, 0.5) is 5.69 Å². The van der Waals surface area contributed by atoms with Gasteiger partial charge in [-0.05, 0) is 37.6 Å². The third kappa shape index (κ3) is 3.51. The molecule has 2 rings (SSSR count). The lowest BCUT2D eigenvalue weighted by atomic mass is 10.1. The van der Waals surface area contributed by atoms with Crippen LogP contribution in [0.25, 0.3) is 0 Å². The molecular weight excluding hydrogens is 236 g/mol. The Morgan fingerprint density at radius 3 is 3.00 bits per heavy atom. The van der Waals surface area contributed by atoms with Crippen LogP contribution in [0.2, 0.25) is 5.02 Å². The monoisotopic (exact) mass is 254 g/mol. The fourth-order valence-corrected chi connectivity index (χ4v) is 2.37. The first-order valence-corrected chi connectivity index (χ1v) is 6.48. The number of rotatable bonds is 4. The predicted molar refractivity (Wildman–Crippen MR) is 72.1 cm³/mol. The van der Waals surface area contributed by atoms with E-state index in [9.17, 15) is 0 Å². The van der Waals surface area contributed by atoms with Crippen LogP contribution in [0.3, 0.4) is 0 Å². The van der Waals surface area contributed by atoms with Gasteiger partial charge >= 0.3 is 0 Å². The van der Waals surface area contributed by atoms with Crippen molar-refractivity contribution < 1.29 is 4.74 Å². The fraction of sp³-hybridized carbons (Fsp3) is 0.538. The summed E-state index contributed by atoms with van der Waals surface area (Å²) in [7, 11) is 1.63. The molecule has 1 aliphatic rings. The molecule has 2 N–H and O–H groups in total. The highest BCUT2D eigenvalue weighted by Gasteiger charge is 2.12. The van der Waals surface area contributed by atoms with Gasteiger partial charge in [-0.1, -0.05) is 18.0 Å². The van der Waals surface area contributed by atoms with Crippen molar-refractivity contribution >= 4 is 17.3 Å². The van der Waals surface area contributed by atoms with Gasteiger partial charge in [-0.15, -0.1) is 0 Å². The second kappa shape index (κ2) is 6.12. The summed E-state index contributed by atoms with van der Waals surface area (Å²) in [5.74, 6) is 0.716. The Hall–Kier alpha value is -0.930. The number of ether oxygens (including phenoxy) is 1. The van der Waals surface area contributed by atoms with E-state index in [-0.39, 0.29) is 0 Å². The van der Waals surface area contributed by atoms with Crippen LogP contribution in [0.15, 0.2) is 18.2 Å². The molecule has 1 aromatic carbocycles. The topological polar surface area (TPSA) is 33.3 Å². The Labute approximate surface area is 107 Å². The number of anilines is 1. The molecule has 0 radical (unpaired) electrons. The molecule has 4 heteroatoms. The van der Waals surface area contributed by atoms with Gasteiger partial charge < -0.3 is 15.4 Å². The van der Waals surface area contributed by atoms with E-state index in [1.54, 1.807) is 7.11 Å². The van der Waals surface area contributed by atoms with Gasteiger partial charge in [-0.2, -0.15) is 0 Å². The molecule has 1 heterocycles. The van der Waals surface area contributed by atoms with Crippen molar-refractivity contribution in [3.05, 3.63) is 23.2 Å². The Morgan fingerprint density at radius 2 is 2.35 bits per heavy atom. The lowest BCUT2D eigenvalue weighted by Crippen LogP contribution is -2.39. The molecule has 1 atom stereocenters. The SMILES string of the molecule is COc1ccc(NCC2CCCCN2)cc1Cl. The number of benzene rings is 1. The lowest BCUT2D eigenvalue weighted by molar-refractivity contribution is 0.413. The molecule has 1 unspecified atom stereocenters. The van der Waals surface area contributed by atoms with E-state index in [1.165, 1.54) is 19.3 Å². The zero-order valence-electron chi connectivity index (χ0n) is 10.1. The second-order valence-corrected chi connectivity index (χ2v) is 4.78. The maximum atomic E-state index is 6.07. The summed E-state index contributed by atoms with van der Waals surface area (Å²) in [5.41, 5.74) is 1.04. The largest absolute Gasteiger partial charge is 0.495 e. The second-order valence-electron chi connectivity index (χ2n) is 4.38. The van der Waals surface area contributed by atoms with Crippen LogP contribution in [-0.2, 0) is 0 Å². The van der Waals surface area contributed by atoms with Gasteiger partial charge in [-0.25, -0.2) is 0 Å². The van der Waals surface area contributed by atoms with Crippen LogP contribution in [0.5, 0.6) is 5.75 Å². The molecule has 0 amide bonds. The van der Waals surface area contributed by atoms with Gasteiger partial charge in [0, 0.05) is 18.3 Å². The van der Waals surface area contributed by atoms with Crippen LogP contribution in [0, 0.1) is 0 Å². The van der Waals surface area contributed by atoms with Gasteiger partial charge in [0.25, 0.3) is 0 Å². The maximum Gasteiger partial charge on any atom is 0.137 e. The quantitative estimate of drug-likeness (QED) is 0.867. The predicted octanol–water partition coefficient (Wildman–Crippen LogP) is 2.90. The minimum absolute atomic E-state index is 0.574. The summed E-state index contributed by atoms with van der Waals surface area (Å²) in [5, 5.41) is 7.56. The normalized spacial score (nSPS) is 20.0. The molecule has 1 fully saturated rings. The molecule has 1 aromatic rings. The molecule has 0 aliphatic carbocycles. The van der Waals surface area contributed by atoms with Crippen LogP contribution in [-0.4, -0.2) is 26.2 Å². The summed E-state index contributed by atoms with van der Waals surface area (Å²) >= 11 is 6.07. The number of methoxy groups -OCH3 is 1. The third-order valence-corrected chi connectivity index (χ3v) is 3.41. The Kier molecular flexibility index (Phi) is 4.51. The minimum atomic E-state index is 0.574. The van der Waals surface area contributed by atoms with Gasteiger partial charge in [0.15, 0.2) is 0 Å². The first-order chi connectivity index (χ1) is 8.29. The highest BCUT2D eigenvalue weighted by Crippen LogP contribution is 2.27. The average molecular weight is 255 g/mol. The smallest absolute Gasteiger partial charge is 0.137 e. The number of piperidine rings is 1. The Morgan fingerprint density at radius 1 is 1.47 bits per heavy atom. The van der Waals surface area contributed by atoms with Crippen molar-refractivity contribution in [2.75, 3.05) is 25.5 Å². The number of hydrogen-bond donors (Lipinski definition) is 2. The summed E-state index contributed by atoms with van der Waals surface area (Å²) in [6.45, 7) is 2.08. The number of halogens is 1. The standard InChI is InChI=1S/C13H19ClN2O/c1-17-13-6-5-10(8-12(13)14)16-9-11-4-2-3-7-15-11/h5-6,8,11,15-16H,2-4,7,9H2,1H3. The number of hydrogen-bond acceptors (Lipinski definition) is 3. The van der Waals surface area contributed by atoms with Gasteiger partial charge in [0.05, 0.1) is 12.1 Å². The van der Waals surface area contributed by atoms with E-state index in [0.717, 1.165) is 18.8 Å². The average Bonchev–Trinajstić information content (AvgIpc) is 2.38.